The van der Waals surface area contributed by atoms with E-state index in [1.807, 2.05) is 20.8 Å². The Morgan fingerprint density at radius 1 is 1.15 bits per heavy atom. The molecule has 0 amide bonds. The number of carboxylic acid groups (broad SMARTS) is 1. The maximum Gasteiger partial charge on any atom is 0.337 e. The van der Waals surface area contributed by atoms with Gasteiger partial charge >= 0.3 is 5.97 Å². The summed E-state index contributed by atoms with van der Waals surface area (Å²) >= 11 is 0. The zero-order valence-electron chi connectivity index (χ0n) is 21.0. The highest BCUT2D eigenvalue weighted by Gasteiger charge is 2.35. The molecular weight excluding hydrogens is 412 g/mol. The summed E-state index contributed by atoms with van der Waals surface area (Å²) in [6.07, 6.45) is 1.01. The van der Waals surface area contributed by atoms with Crippen LogP contribution >= 0.6 is 0 Å². The Balaban J connectivity index is 2.16. The Morgan fingerprint density at radius 3 is 2.39 bits per heavy atom. The van der Waals surface area contributed by atoms with E-state index >= 15 is 0 Å². The standard InChI is InChI=1S/C28H36N2O3/c1-8-9-20-16-21-23(19-12-10-17(2)11-13-19)22(26(27(31)32)33-28(4,5)6)18(3)24-25(21)30(20)15-14-29(24)7/h10-13,16,26H,8-9,14-15H2,1-7H3,(H,31,32)/t26-/m0/s1. The monoisotopic (exact) mass is 448 g/mol. The van der Waals surface area contributed by atoms with Crippen LogP contribution in [0.25, 0.3) is 22.0 Å². The molecule has 176 valence electrons. The summed E-state index contributed by atoms with van der Waals surface area (Å²) in [6, 6.07) is 10.7. The lowest BCUT2D eigenvalue weighted by molar-refractivity contribution is -0.160. The number of nitrogens with zero attached hydrogens (tertiary/aromatic N) is 2. The predicted molar refractivity (Wildman–Crippen MR) is 135 cm³/mol. The highest BCUT2D eigenvalue weighted by molar-refractivity contribution is 6.07. The summed E-state index contributed by atoms with van der Waals surface area (Å²) in [7, 11) is 2.10. The Morgan fingerprint density at radius 2 is 1.82 bits per heavy atom. The zero-order chi connectivity index (χ0) is 24.1. The lowest BCUT2D eigenvalue weighted by atomic mass is 9.87. The van der Waals surface area contributed by atoms with Crippen molar-refractivity contribution in [3.8, 4) is 11.1 Å². The van der Waals surface area contributed by atoms with Crippen molar-refractivity contribution in [1.29, 1.82) is 0 Å². The molecule has 4 rings (SSSR count). The molecule has 1 N–H and O–H groups in total. The molecule has 33 heavy (non-hydrogen) atoms. The largest absolute Gasteiger partial charge is 0.479 e. The Hall–Kier alpha value is -2.79. The van der Waals surface area contributed by atoms with E-state index < -0.39 is 17.7 Å². The molecule has 3 aromatic rings. The van der Waals surface area contributed by atoms with Crippen LogP contribution in [-0.4, -0.2) is 34.8 Å². The number of rotatable bonds is 6. The lowest BCUT2D eigenvalue weighted by Crippen LogP contribution is -2.31. The molecule has 1 aromatic heterocycles. The topological polar surface area (TPSA) is 54.7 Å². The molecule has 0 spiro atoms. The number of hydrogen-bond acceptors (Lipinski definition) is 3. The lowest BCUT2D eigenvalue weighted by Gasteiger charge is -2.34. The number of likely N-dealkylation sites (N-methyl/N-ethyl adjacent to an activating group) is 1. The number of anilines is 1. The van der Waals surface area contributed by atoms with Crippen LogP contribution in [0.4, 0.5) is 5.69 Å². The second kappa shape index (κ2) is 8.53. The fourth-order valence-corrected chi connectivity index (χ4v) is 5.18. The summed E-state index contributed by atoms with van der Waals surface area (Å²) in [6.45, 7) is 13.9. The van der Waals surface area contributed by atoms with Crippen molar-refractivity contribution < 1.29 is 14.6 Å². The van der Waals surface area contributed by atoms with E-state index in [-0.39, 0.29) is 0 Å². The molecule has 0 bridgehead atoms. The van der Waals surface area contributed by atoms with Crippen LogP contribution in [0, 0.1) is 13.8 Å². The molecule has 5 heteroatoms. The molecule has 1 atom stereocenters. The van der Waals surface area contributed by atoms with Gasteiger partial charge in [-0.25, -0.2) is 4.79 Å². The third-order valence-corrected chi connectivity index (χ3v) is 6.55. The van der Waals surface area contributed by atoms with Crippen LogP contribution in [-0.2, 0) is 22.5 Å². The molecule has 2 aromatic carbocycles. The van der Waals surface area contributed by atoms with Gasteiger partial charge in [0.2, 0.25) is 0 Å². The minimum Gasteiger partial charge on any atom is -0.479 e. The maximum atomic E-state index is 12.6. The van der Waals surface area contributed by atoms with E-state index in [2.05, 4.69) is 67.6 Å². The second-order valence-electron chi connectivity index (χ2n) is 10.3. The van der Waals surface area contributed by atoms with Crippen LogP contribution < -0.4 is 4.90 Å². The first-order chi connectivity index (χ1) is 15.5. The van der Waals surface area contributed by atoms with Crippen molar-refractivity contribution in [3.63, 3.8) is 0 Å². The average Bonchev–Trinajstić information content (AvgIpc) is 3.08. The quantitative estimate of drug-likeness (QED) is 0.483. The second-order valence-corrected chi connectivity index (χ2v) is 10.3. The number of aryl methyl sites for hydroxylation is 2. The van der Waals surface area contributed by atoms with E-state index in [9.17, 15) is 9.90 Å². The minimum atomic E-state index is -1.06. The van der Waals surface area contributed by atoms with Gasteiger partial charge in [0.05, 0.1) is 16.8 Å². The Bertz CT molecular complexity index is 1200. The van der Waals surface area contributed by atoms with Gasteiger partial charge in [-0.05, 0) is 63.8 Å². The predicted octanol–water partition coefficient (Wildman–Crippen LogP) is 6.27. The summed E-state index contributed by atoms with van der Waals surface area (Å²) in [5, 5.41) is 11.5. The molecular formula is C28H36N2O3. The molecule has 1 aliphatic heterocycles. The van der Waals surface area contributed by atoms with E-state index in [0.717, 1.165) is 59.3 Å². The highest BCUT2D eigenvalue weighted by atomic mass is 16.5. The van der Waals surface area contributed by atoms with Gasteiger partial charge in [-0.3, -0.25) is 0 Å². The van der Waals surface area contributed by atoms with E-state index in [4.69, 9.17) is 4.74 Å². The number of ether oxygens (including phenoxy) is 1. The van der Waals surface area contributed by atoms with Gasteiger partial charge in [0, 0.05) is 36.8 Å². The number of aromatic nitrogens is 1. The number of carboxylic acids is 1. The van der Waals surface area contributed by atoms with Crippen LogP contribution in [0.5, 0.6) is 0 Å². The first-order valence-electron chi connectivity index (χ1n) is 11.9. The van der Waals surface area contributed by atoms with Gasteiger partial charge < -0.3 is 19.3 Å². The highest BCUT2D eigenvalue weighted by Crippen LogP contribution is 2.47. The van der Waals surface area contributed by atoms with Crippen LogP contribution in [0.1, 0.15) is 62.6 Å². The van der Waals surface area contributed by atoms with Crippen molar-refractivity contribution >= 4 is 22.6 Å². The number of carbonyl (C=O) groups is 1. The average molecular weight is 449 g/mol. The molecule has 0 aliphatic carbocycles. The molecule has 0 fully saturated rings. The van der Waals surface area contributed by atoms with Crippen LogP contribution in [0.3, 0.4) is 0 Å². The van der Waals surface area contributed by atoms with Gasteiger partial charge in [-0.2, -0.15) is 0 Å². The van der Waals surface area contributed by atoms with Crippen molar-refractivity contribution in [2.75, 3.05) is 18.5 Å². The normalized spacial score (nSPS) is 14.7. The smallest absolute Gasteiger partial charge is 0.337 e. The summed E-state index contributed by atoms with van der Waals surface area (Å²) in [5.41, 5.74) is 7.98. The first-order valence-corrected chi connectivity index (χ1v) is 11.9. The molecule has 5 nitrogen and oxygen atoms in total. The summed E-state index contributed by atoms with van der Waals surface area (Å²) < 4.78 is 8.66. The molecule has 2 heterocycles. The van der Waals surface area contributed by atoms with Crippen LogP contribution in [0.2, 0.25) is 0 Å². The molecule has 0 radical (unpaired) electrons. The van der Waals surface area contributed by atoms with Gasteiger partial charge in [0.25, 0.3) is 0 Å². The van der Waals surface area contributed by atoms with Crippen molar-refractivity contribution in [2.24, 2.45) is 0 Å². The van der Waals surface area contributed by atoms with E-state index in [0.29, 0.717) is 0 Å². The third kappa shape index (κ3) is 4.15. The molecule has 0 saturated heterocycles. The van der Waals surface area contributed by atoms with Gasteiger partial charge in [0.15, 0.2) is 6.10 Å². The summed E-state index contributed by atoms with van der Waals surface area (Å²) in [5.74, 6) is -0.959. The SMILES string of the molecule is CCCc1cc2c(-c3ccc(C)cc3)c([C@H](OC(C)(C)C)C(=O)O)c(C)c3c2n1CCN3C. The number of aliphatic carboxylic acids is 1. The first kappa shape index (κ1) is 23.4. The van der Waals surface area contributed by atoms with Gasteiger partial charge in [-0.1, -0.05) is 43.2 Å². The zero-order valence-corrected chi connectivity index (χ0v) is 21.0. The minimum absolute atomic E-state index is 0.600. The van der Waals surface area contributed by atoms with E-state index in [1.54, 1.807) is 0 Å². The van der Waals surface area contributed by atoms with Crippen molar-refractivity contribution in [2.45, 2.75) is 72.6 Å². The van der Waals surface area contributed by atoms with E-state index in [1.165, 1.54) is 16.8 Å². The van der Waals surface area contributed by atoms with Gasteiger partial charge in [-0.15, -0.1) is 0 Å². The maximum absolute atomic E-state index is 12.6. The Kier molecular flexibility index (Phi) is 6.04. The number of benzene rings is 2. The fourth-order valence-electron chi connectivity index (χ4n) is 5.18. The van der Waals surface area contributed by atoms with Gasteiger partial charge in [0.1, 0.15) is 0 Å². The molecule has 0 unspecified atom stereocenters. The number of hydrogen-bond donors (Lipinski definition) is 1. The summed E-state index contributed by atoms with van der Waals surface area (Å²) in [4.78, 5) is 14.9. The molecule has 0 saturated carbocycles. The van der Waals surface area contributed by atoms with Crippen molar-refractivity contribution in [3.05, 3.63) is 52.7 Å². The van der Waals surface area contributed by atoms with Crippen LogP contribution in [0.15, 0.2) is 30.3 Å². The fraction of sp³-hybridized carbons (Fsp3) is 0.464. The molecule has 1 aliphatic rings. The Labute approximate surface area is 197 Å². The third-order valence-electron chi connectivity index (χ3n) is 6.55. The van der Waals surface area contributed by atoms with Crippen molar-refractivity contribution in [1.82, 2.24) is 4.57 Å².